The Labute approximate surface area is 114 Å². The summed E-state index contributed by atoms with van der Waals surface area (Å²) in [5, 5.41) is 3.81. The van der Waals surface area contributed by atoms with Crippen molar-refractivity contribution in [1.29, 1.82) is 0 Å². The summed E-state index contributed by atoms with van der Waals surface area (Å²) in [5.41, 5.74) is 0.685. The molecule has 0 bridgehead atoms. The van der Waals surface area contributed by atoms with Gasteiger partial charge in [0.25, 0.3) is 5.91 Å². The van der Waals surface area contributed by atoms with Crippen molar-refractivity contribution in [2.75, 3.05) is 0 Å². The second-order valence-corrected chi connectivity index (χ2v) is 5.79. The van der Waals surface area contributed by atoms with E-state index in [9.17, 15) is 4.79 Å². The van der Waals surface area contributed by atoms with Gasteiger partial charge < -0.3 is 5.32 Å². The normalized spacial score (nSPS) is 27.8. The van der Waals surface area contributed by atoms with Gasteiger partial charge in [-0.05, 0) is 42.5 Å². The van der Waals surface area contributed by atoms with Gasteiger partial charge in [-0.1, -0.05) is 38.3 Å². The Hall–Kier alpha value is -1.02. The largest absolute Gasteiger partial charge is 0.349 e. The van der Waals surface area contributed by atoms with Crippen LogP contribution in [-0.2, 0) is 0 Å². The van der Waals surface area contributed by atoms with E-state index in [1.165, 1.54) is 12.8 Å². The summed E-state index contributed by atoms with van der Waals surface area (Å²) in [6.45, 7) is 4.50. The van der Waals surface area contributed by atoms with Crippen LogP contribution in [0.2, 0.25) is 5.02 Å². The average Bonchev–Trinajstić information content (AvgIpc) is 2.36. The van der Waals surface area contributed by atoms with E-state index in [2.05, 4.69) is 19.2 Å². The lowest BCUT2D eigenvalue weighted by Gasteiger charge is -2.34. The standard InChI is InChI=1S/C15H20ClNO/c1-10-4-3-5-14(11(10)2)17-15(18)12-6-8-13(16)9-7-12/h6-11,14H,3-5H2,1-2H3,(H,17,18)/t10-,11+,14+/m0/s1. The Morgan fingerprint density at radius 1 is 1.22 bits per heavy atom. The number of hydrogen-bond donors (Lipinski definition) is 1. The number of benzene rings is 1. The van der Waals surface area contributed by atoms with Crippen LogP contribution in [0.5, 0.6) is 0 Å². The molecule has 2 nitrogen and oxygen atoms in total. The van der Waals surface area contributed by atoms with Crippen molar-refractivity contribution >= 4 is 17.5 Å². The number of hydrogen-bond acceptors (Lipinski definition) is 1. The molecule has 98 valence electrons. The van der Waals surface area contributed by atoms with Gasteiger partial charge in [0, 0.05) is 16.6 Å². The Morgan fingerprint density at radius 3 is 2.56 bits per heavy atom. The van der Waals surface area contributed by atoms with Crippen molar-refractivity contribution in [3.05, 3.63) is 34.9 Å². The highest BCUT2D eigenvalue weighted by atomic mass is 35.5. The first-order valence-electron chi connectivity index (χ1n) is 6.64. The zero-order chi connectivity index (χ0) is 13.1. The smallest absolute Gasteiger partial charge is 0.251 e. The molecule has 1 N–H and O–H groups in total. The number of amides is 1. The van der Waals surface area contributed by atoms with Crippen LogP contribution in [0.3, 0.4) is 0 Å². The van der Waals surface area contributed by atoms with Crippen molar-refractivity contribution < 1.29 is 4.79 Å². The van der Waals surface area contributed by atoms with Crippen molar-refractivity contribution in [1.82, 2.24) is 5.32 Å². The topological polar surface area (TPSA) is 29.1 Å². The molecule has 1 aromatic rings. The molecule has 0 heterocycles. The minimum absolute atomic E-state index is 0.0117. The fourth-order valence-electron chi connectivity index (χ4n) is 2.64. The highest BCUT2D eigenvalue weighted by Crippen LogP contribution is 2.29. The number of carbonyl (C=O) groups is 1. The minimum atomic E-state index is 0.0117. The van der Waals surface area contributed by atoms with Gasteiger partial charge in [-0.2, -0.15) is 0 Å². The molecule has 0 unspecified atom stereocenters. The van der Waals surface area contributed by atoms with E-state index in [0.29, 0.717) is 28.5 Å². The van der Waals surface area contributed by atoms with Crippen LogP contribution in [0.25, 0.3) is 0 Å². The van der Waals surface area contributed by atoms with Crippen LogP contribution in [0, 0.1) is 11.8 Å². The van der Waals surface area contributed by atoms with Crippen LogP contribution in [0.1, 0.15) is 43.5 Å². The molecule has 1 saturated carbocycles. The highest BCUT2D eigenvalue weighted by Gasteiger charge is 2.28. The first-order chi connectivity index (χ1) is 8.58. The molecule has 0 aliphatic heterocycles. The Bertz CT molecular complexity index is 415. The molecular weight excluding hydrogens is 246 g/mol. The predicted octanol–water partition coefficient (Wildman–Crippen LogP) is 3.89. The molecule has 3 atom stereocenters. The Morgan fingerprint density at radius 2 is 1.89 bits per heavy atom. The van der Waals surface area contributed by atoms with Gasteiger partial charge in [0.2, 0.25) is 0 Å². The second-order valence-electron chi connectivity index (χ2n) is 5.35. The van der Waals surface area contributed by atoms with Crippen molar-refractivity contribution in [3.8, 4) is 0 Å². The third-order valence-corrected chi connectivity index (χ3v) is 4.38. The molecule has 1 aromatic carbocycles. The highest BCUT2D eigenvalue weighted by molar-refractivity contribution is 6.30. The molecule has 1 aliphatic rings. The molecule has 2 rings (SSSR count). The molecule has 3 heteroatoms. The predicted molar refractivity (Wildman–Crippen MR) is 74.9 cm³/mol. The first kappa shape index (κ1) is 13.4. The van der Waals surface area contributed by atoms with E-state index in [1.807, 2.05) is 0 Å². The quantitative estimate of drug-likeness (QED) is 0.863. The summed E-state index contributed by atoms with van der Waals surface area (Å²) >= 11 is 5.82. The first-order valence-corrected chi connectivity index (χ1v) is 7.02. The summed E-state index contributed by atoms with van der Waals surface area (Å²) in [7, 11) is 0. The molecule has 1 amide bonds. The molecular formula is C15H20ClNO. The zero-order valence-electron chi connectivity index (χ0n) is 10.9. The van der Waals surface area contributed by atoms with E-state index in [-0.39, 0.29) is 5.91 Å². The Balaban J connectivity index is 2.00. The number of rotatable bonds is 2. The summed E-state index contributed by atoms with van der Waals surface area (Å²) in [4.78, 5) is 12.1. The lowest BCUT2D eigenvalue weighted by atomic mass is 9.78. The molecule has 0 aromatic heterocycles. The van der Waals surface area contributed by atoms with Crippen LogP contribution in [0.4, 0.5) is 0 Å². The molecule has 18 heavy (non-hydrogen) atoms. The minimum Gasteiger partial charge on any atom is -0.349 e. The SMILES string of the molecule is C[C@@H]1[C@@H](C)CCC[C@H]1NC(=O)c1ccc(Cl)cc1. The number of carbonyl (C=O) groups excluding carboxylic acids is 1. The van der Waals surface area contributed by atoms with Gasteiger partial charge in [0.1, 0.15) is 0 Å². The second kappa shape index (κ2) is 5.75. The van der Waals surface area contributed by atoms with E-state index in [1.54, 1.807) is 24.3 Å². The van der Waals surface area contributed by atoms with Crippen molar-refractivity contribution in [2.24, 2.45) is 11.8 Å². The third-order valence-electron chi connectivity index (χ3n) is 4.13. The van der Waals surface area contributed by atoms with E-state index in [0.717, 1.165) is 6.42 Å². The molecule has 0 spiro atoms. The summed E-state index contributed by atoms with van der Waals surface area (Å²) in [5.74, 6) is 1.25. The van der Waals surface area contributed by atoms with E-state index >= 15 is 0 Å². The summed E-state index contributed by atoms with van der Waals surface area (Å²) < 4.78 is 0. The van der Waals surface area contributed by atoms with Gasteiger partial charge in [0.05, 0.1) is 0 Å². The van der Waals surface area contributed by atoms with Crippen LogP contribution in [0.15, 0.2) is 24.3 Å². The lowest BCUT2D eigenvalue weighted by molar-refractivity contribution is 0.0891. The summed E-state index contributed by atoms with van der Waals surface area (Å²) in [6.07, 6.45) is 3.57. The lowest BCUT2D eigenvalue weighted by Crippen LogP contribution is -2.43. The van der Waals surface area contributed by atoms with Crippen LogP contribution >= 0.6 is 11.6 Å². The van der Waals surface area contributed by atoms with Gasteiger partial charge in [-0.25, -0.2) is 0 Å². The van der Waals surface area contributed by atoms with Gasteiger partial charge in [-0.15, -0.1) is 0 Å². The van der Waals surface area contributed by atoms with Gasteiger partial charge in [0.15, 0.2) is 0 Å². The number of halogens is 1. The summed E-state index contributed by atoms with van der Waals surface area (Å²) in [6, 6.07) is 7.35. The molecule has 1 aliphatic carbocycles. The maximum absolute atomic E-state index is 12.1. The fourth-order valence-corrected chi connectivity index (χ4v) is 2.76. The fraction of sp³-hybridized carbons (Fsp3) is 0.533. The third kappa shape index (κ3) is 3.05. The number of nitrogens with one attached hydrogen (secondary N) is 1. The maximum atomic E-state index is 12.1. The average molecular weight is 266 g/mol. The molecule has 0 radical (unpaired) electrons. The van der Waals surface area contributed by atoms with Gasteiger partial charge >= 0.3 is 0 Å². The van der Waals surface area contributed by atoms with Crippen molar-refractivity contribution in [3.63, 3.8) is 0 Å². The molecule has 0 saturated heterocycles. The Kier molecular flexibility index (Phi) is 4.28. The van der Waals surface area contributed by atoms with E-state index < -0.39 is 0 Å². The van der Waals surface area contributed by atoms with Crippen LogP contribution in [-0.4, -0.2) is 11.9 Å². The van der Waals surface area contributed by atoms with Crippen molar-refractivity contribution in [2.45, 2.75) is 39.2 Å². The van der Waals surface area contributed by atoms with E-state index in [4.69, 9.17) is 11.6 Å². The maximum Gasteiger partial charge on any atom is 0.251 e. The van der Waals surface area contributed by atoms with Crippen LogP contribution < -0.4 is 5.32 Å². The van der Waals surface area contributed by atoms with Gasteiger partial charge in [-0.3, -0.25) is 4.79 Å². The molecule has 1 fully saturated rings. The zero-order valence-corrected chi connectivity index (χ0v) is 11.7. The monoisotopic (exact) mass is 265 g/mol.